The topological polar surface area (TPSA) is 78.9 Å². The third-order valence-corrected chi connectivity index (χ3v) is 16.6. The Bertz CT molecular complexity index is 1350. The van der Waals surface area contributed by atoms with E-state index < -0.39 is 6.10 Å². The molecule has 0 heterocycles. The Balaban J connectivity index is 4.09. The van der Waals surface area contributed by atoms with Crippen molar-refractivity contribution in [2.75, 3.05) is 13.2 Å². The van der Waals surface area contributed by atoms with Crippen molar-refractivity contribution in [2.24, 2.45) is 0 Å². The first-order chi connectivity index (χ1) is 40.0. The predicted octanol–water partition coefficient (Wildman–Crippen LogP) is 25.1. The standard InChI is InChI=1S/C75H140O6/c1-4-7-10-13-16-19-22-25-27-29-31-32-33-34-35-36-37-38-39-40-41-42-43-44-45-47-48-50-53-56-59-62-65-68-74(77)80-71-72(70-79-73(76)67-64-61-58-55-52-24-21-18-15-12-9-6-3)81-75(78)69-66-63-60-57-54-51-49-46-30-28-26-23-20-17-14-11-8-5-2/h18,21,28-31,72H,4-17,19-20,22-27,32-71H2,1-3H3/b21-18-,30-28-,31-29-. The third kappa shape index (κ3) is 68.3. The second kappa shape index (κ2) is 70.1. The van der Waals surface area contributed by atoms with E-state index in [1.807, 2.05) is 0 Å². The van der Waals surface area contributed by atoms with E-state index in [1.54, 1.807) is 0 Å². The molecule has 0 aromatic carbocycles. The molecule has 1 unspecified atom stereocenters. The lowest BCUT2D eigenvalue weighted by molar-refractivity contribution is -0.167. The molecule has 0 radical (unpaired) electrons. The number of carbonyl (C=O) groups is 3. The van der Waals surface area contributed by atoms with Crippen molar-refractivity contribution in [1.29, 1.82) is 0 Å². The fourth-order valence-corrected chi connectivity index (χ4v) is 11.1. The van der Waals surface area contributed by atoms with E-state index >= 15 is 0 Å². The van der Waals surface area contributed by atoms with Crippen LogP contribution >= 0.6 is 0 Å². The van der Waals surface area contributed by atoms with Crippen molar-refractivity contribution < 1.29 is 28.6 Å². The normalized spacial score (nSPS) is 12.2. The van der Waals surface area contributed by atoms with Crippen LogP contribution in [0.15, 0.2) is 36.5 Å². The summed E-state index contributed by atoms with van der Waals surface area (Å²) in [6.45, 7) is 6.67. The number of ether oxygens (including phenoxy) is 3. The highest BCUT2D eigenvalue weighted by molar-refractivity contribution is 5.71. The molecule has 81 heavy (non-hydrogen) atoms. The van der Waals surface area contributed by atoms with Crippen LogP contribution in [0.3, 0.4) is 0 Å². The zero-order valence-corrected chi connectivity index (χ0v) is 54.8. The molecule has 0 aliphatic rings. The first kappa shape index (κ1) is 78.6. The van der Waals surface area contributed by atoms with Gasteiger partial charge in [0.1, 0.15) is 13.2 Å². The van der Waals surface area contributed by atoms with Crippen molar-refractivity contribution in [1.82, 2.24) is 0 Å². The Morgan fingerprint density at radius 3 is 0.642 bits per heavy atom. The van der Waals surface area contributed by atoms with Crippen molar-refractivity contribution in [2.45, 2.75) is 412 Å². The summed E-state index contributed by atoms with van der Waals surface area (Å²) in [5, 5.41) is 0. The fourth-order valence-electron chi connectivity index (χ4n) is 11.1. The highest BCUT2D eigenvalue weighted by Gasteiger charge is 2.19. The molecule has 6 nitrogen and oxygen atoms in total. The largest absolute Gasteiger partial charge is 0.462 e. The summed E-state index contributed by atoms with van der Waals surface area (Å²) in [5.41, 5.74) is 0. The molecule has 0 saturated carbocycles. The molecule has 476 valence electrons. The van der Waals surface area contributed by atoms with Gasteiger partial charge in [-0.15, -0.1) is 0 Å². The van der Waals surface area contributed by atoms with Crippen LogP contribution in [0.1, 0.15) is 406 Å². The van der Waals surface area contributed by atoms with E-state index in [2.05, 4.69) is 57.2 Å². The van der Waals surface area contributed by atoms with Crippen LogP contribution in [-0.4, -0.2) is 37.2 Å². The lowest BCUT2D eigenvalue weighted by Crippen LogP contribution is -2.30. The summed E-state index contributed by atoms with van der Waals surface area (Å²) in [6.07, 6.45) is 87.7. The van der Waals surface area contributed by atoms with Gasteiger partial charge in [-0.1, -0.05) is 327 Å². The second-order valence-corrected chi connectivity index (χ2v) is 24.8. The first-order valence-corrected chi connectivity index (χ1v) is 36.5. The van der Waals surface area contributed by atoms with Crippen LogP contribution in [0.2, 0.25) is 0 Å². The molecule has 0 bridgehead atoms. The second-order valence-electron chi connectivity index (χ2n) is 24.8. The van der Waals surface area contributed by atoms with Gasteiger partial charge in [0.15, 0.2) is 6.10 Å². The Hall–Kier alpha value is -2.37. The molecule has 1 atom stereocenters. The highest BCUT2D eigenvalue weighted by Crippen LogP contribution is 2.18. The quantitative estimate of drug-likeness (QED) is 0.0261. The van der Waals surface area contributed by atoms with Gasteiger partial charge >= 0.3 is 17.9 Å². The Kier molecular flexibility index (Phi) is 68.1. The summed E-state index contributed by atoms with van der Waals surface area (Å²) in [4.78, 5) is 38.4. The van der Waals surface area contributed by atoms with Crippen LogP contribution in [0, 0.1) is 0 Å². The average molecular weight is 1140 g/mol. The molecular weight excluding hydrogens is 997 g/mol. The molecule has 0 aliphatic heterocycles. The van der Waals surface area contributed by atoms with Gasteiger partial charge in [0, 0.05) is 19.3 Å². The zero-order valence-electron chi connectivity index (χ0n) is 54.8. The van der Waals surface area contributed by atoms with Gasteiger partial charge in [-0.3, -0.25) is 14.4 Å². The zero-order chi connectivity index (χ0) is 58.5. The van der Waals surface area contributed by atoms with E-state index in [0.29, 0.717) is 19.3 Å². The molecule has 0 aromatic heterocycles. The van der Waals surface area contributed by atoms with Crippen LogP contribution in [0.4, 0.5) is 0 Å². The molecule has 0 aromatic rings. The average Bonchev–Trinajstić information content (AvgIpc) is 3.47. The summed E-state index contributed by atoms with van der Waals surface area (Å²) in [5.74, 6) is -0.859. The number of carbonyl (C=O) groups excluding carboxylic acids is 3. The minimum absolute atomic E-state index is 0.0719. The molecule has 0 fully saturated rings. The van der Waals surface area contributed by atoms with E-state index in [9.17, 15) is 14.4 Å². The summed E-state index contributed by atoms with van der Waals surface area (Å²) < 4.78 is 17.0. The maximum Gasteiger partial charge on any atom is 0.306 e. The SMILES string of the molecule is CCCCC/C=C\CCCCCCCC(=O)OCC(COC(=O)CCCCCCCCCCCCCCCCCCCCCCC/C=C\CCCCCCCCCC)OC(=O)CCCCCCCCC/C=C\CCCCCCCCC. The van der Waals surface area contributed by atoms with Crippen molar-refractivity contribution in [3.05, 3.63) is 36.5 Å². The molecule has 0 amide bonds. The molecule has 0 aliphatic carbocycles. The van der Waals surface area contributed by atoms with Crippen LogP contribution in [0.5, 0.6) is 0 Å². The summed E-state index contributed by atoms with van der Waals surface area (Å²) >= 11 is 0. The molecule has 0 saturated heterocycles. The van der Waals surface area contributed by atoms with E-state index in [1.165, 1.54) is 302 Å². The van der Waals surface area contributed by atoms with E-state index in [0.717, 1.165) is 64.2 Å². The van der Waals surface area contributed by atoms with Gasteiger partial charge in [-0.25, -0.2) is 0 Å². The lowest BCUT2D eigenvalue weighted by atomic mass is 10.0. The Morgan fingerprint density at radius 1 is 0.235 bits per heavy atom. The number of allylic oxidation sites excluding steroid dienone is 6. The number of esters is 3. The minimum atomic E-state index is -0.776. The van der Waals surface area contributed by atoms with Gasteiger partial charge in [0.25, 0.3) is 0 Å². The minimum Gasteiger partial charge on any atom is -0.462 e. The number of hydrogen-bond donors (Lipinski definition) is 0. The lowest BCUT2D eigenvalue weighted by Gasteiger charge is -2.18. The van der Waals surface area contributed by atoms with E-state index in [-0.39, 0.29) is 31.1 Å². The van der Waals surface area contributed by atoms with E-state index in [4.69, 9.17) is 14.2 Å². The number of rotatable bonds is 68. The predicted molar refractivity (Wildman–Crippen MR) is 353 cm³/mol. The summed E-state index contributed by atoms with van der Waals surface area (Å²) in [6, 6.07) is 0. The van der Waals surface area contributed by atoms with Gasteiger partial charge in [0.05, 0.1) is 0 Å². The highest BCUT2D eigenvalue weighted by atomic mass is 16.6. The molecule has 6 heteroatoms. The molecule has 0 N–H and O–H groups in total. The molecular formula is C75H140O6. The maximum absolute atomic E-state index is 12.9. The van der Waals surface area contributed by atoms with Crippen LogP contribution in [-0.2, 0) is 28.6 Å². The monoisotopic (exact) mass is 1140 g/mol. The van der Waals surface area contributed by atoms with Gasteiger partial charge in [0.2, 0.25) is 0 Å². The van der Waals surface area contributed by atoms with Gasteiger partial charge in [-0.05, 0) is 96.3 Å². The first-order valence-electron chi connectivity index (χ1n) is 36.5. The third-order valence-electron chi connectivity index (χ3n) is 16.6. The fraction of sp³-hybridized carbons (Fsp3) is 0.880. The van der Waals surface area contributed by atoms with Crippen molar-refractivity contribution in [3.8, 4) is 0 Å². The smallest absolute Gasteiger partial charge is 0.306 e. The van der Waals surface area contributed by atoms with Crippen LogP contribution in [0.25, 0.3) is 0 Å². The number of unbranched alkanes of at least 4 members (excludes halogenated alkanes) is 51. The molecule has 0 spiro atoms. The maximum atomic E-state index is 12.9. The van der Waals surface area contributed by atoms with Crippen LogP contribution < -0.4 is 0 Å². The van der Waals surface area contributed by atoms with Crippen molar-refractivity contribution in [3.63, 3.8) is 0 Å². The van der Waals surface area contributed by atoms with Gasteiger partial charge < -0.3 is 14.2 Å². The Labute approximate surface area is 506 Å². The molecule has 0 rings (SSSR count). The van der Waals surface area contributed by atoms with Crippen molar-refractivity contribution >= 4 is 17.9 Å². The summed E-state index contributed by atoms with van der Waals surface area (Å²) in [7, 11) is 0. The number of hydrogen-bond acceptors (Lipinski definition) is 6. The van der Waals surface area contributed by atoms with Gasteiger partial charge in [-0.2, -0.15) is 0 Å². The Morgan fingerprint density at radius 2 is 0.407 bits per heavy atom.